The number of amides is 1. The Labute approximate surface area is 119 Å². The molecule has 3 rings (SSSR count). The molecule has 0 spiro atoms. The largest absolute Gasteiger partial charge is 0.494 e. The Morgan fingerprint density at radius 3 is 2.70 bits per heavy atom. The first kappa shape index (κ1) is 13.2. The number of likely N-dealkylation sites (N-methyl/N-ethyl adjacent to an activating group) is 2. The topological polar surface area (TPSA) is 58.8 Å². The van der Waals surface area contributed by atoms with Crippen LogP contribution in [0, 0.1) is 6.92 Å². The lowest BCUT2D eigenvalue weighted by atomic mass is 9.83. The number of hydrogen-bond acceptors (Lipinski definition) is 4. The van der Waals surface area contributed by atoms with Crippen molar-refractivity contribution in [2.24, 2.45) is 0 Å². The number of carbonyl (C=O) groups excluding carboxylic acids is 1. The molecule has 5 heteroatoms. The molecular weight excluding hydrogens is 254 g/mol. The van der Waals surface area contributed by atoms with E-state index in [9.17, 15) is 4.79 Å². The third-order valence-corrected chi connectivity index (χ3v) is 4.67. The van der Waals surface area contributed by atoms with Crippen LogP contribution in [0.5, 0.6) is 5.75 Å². The molecule has 2 bridgehead atoms. The molecule has 2 N–H and O–H groups in total. The van der Waals surface area contributed by atoms with Crippen LogP contribution in [-0.4, -0.2) is 49.5 Å². The first-order valence-corrected chi connectivity index (χ1v) is 6.88. The van der Waals surface area contributed by atoms with Crippen LogP contribution >= 0.6 is 0 Å². The fourth-order valence-corrected chi connectivity index (χ4v) is 3.60. The average Bonchev–Trinajstić information content (AvgIpc) is 2.39. The number of carbonyl (C=O) groups is 1. The number of methoxy groups -OCH3 is 1. The van der Waals surface area contributed by atoms with Crippen molar-refractivity contribution in [1.82, 2.24) is 9.80 Å². The number of hydrogen-bond donors (Lipinski definition) is 1. The molecule has 108 valence electrons. The normalized spacial score (nSPS) is 25.6. The van der Waals surface area contributed by atoms with Gasteiger partial charge < -0.3 is 15.4 Å². The maximum atomic E-state index is 12.3. The number of nitrogen functional groups attached to an aromatic ring is 1. The predicted octanol–water partition coefficient (Wildman–Crippen LogP) is 0.955. The summed E-state index contributed by atoms with van der Waals surface area (Å²) < 4.78 is 5.44. The van der Waals surface area contributed by atoms with Gasteiger partial charge in [0.2, 0.25) is 5.91 Å². The van der Waals surface area contributed by atoms with Crippen LogP contribution in [0.25, 0.3) is 0 Å². The summed E-state index contributed by atoms with van der Waals surface area (Å²) in [4.78, 5) is 16.2. The molecule has 2 atom stereocenters. The summed E-state index contributed by atoms with van der Waals surface area (Å²) in [6.45, 7) is 2.67. The van der Waals surface area contributed by atoms with E-state index in [0.29, 0.717) is 6.54 Å². The Morgan fingerprint density at radius 2 is 2.05 bits per heavy atom. The van der Waals surface area contributed by atoms with E-state index in [1.54, 1.807) is 7.11 Å². The summed E-state index contributed by atoms with van der Waals surface area (Å²) in [6.07, 6.45) is 0.723. The van der Waals surface area contributed by atoms with Crippen molar-refractivity contribution in [3.05, 3.63) is 22.8 Å². The van der Waals surface area contributed by atoms with Crippen molar-refractivity contribution in [1.29, 1.82) is 0 Å². The fourth-order valence-electron chi connectivity index (χ4n) is 3.60. The molecule has 0 saturated carbocycles. The molecule has 1 aromatic carbocycles. The smallest absolute Gasteiger partial charge is 0.240 e. The molecule has 2 aliphatic rings. The molecule has 2 aliphatic heterocycles. The molecule has 2 heterocycles. The van der Waals surface area contributed by atoms with Gasteiger partial charge in [-0.1, -0.05) is 6.07 Å². The van der Waals surface area contributed by atoms with E-state index in [0.717, 1.165) is 29.0 Å². The number of fused-ring (bicyclic) bond motifs is 4. The van der Waals surface area contributed by atoms with Crippen molar-refractivity contribution >= 4 is 11.6 Å². The first-order valence-electron chi connectivity index (χ1n) is 6.88. The third kappa shape index (κ3) is 1.62. The summed E-state index contributed by atoms with van der Waals surface area (Å²) in [5.41, 5.74) is 10.4. The molecule has 1 fully saturated rings. The number of piperazine rings is 1. The van der Waals surface area contributed by atoms with Gasteiger partial charge in [-0.25, -0.2) is 0 Å². The van der Waals surface area contributed by atoms with Crippen LogP contribution in [0.1, 0.15) is 22.7 Å². The number of aryl methyl sites for hydroxylation is 1. The monoisotopic (exact) mass is 275 g/mol. The summed E-state index contributed by atoms with van der Waals surface area (Å²) in [6, 6.07) is 2.20. The molecular formula is C15H21N3O2. The first-order chi connectivity index (χ1) is 9.45. The van der Waals surface area contributed by atoms with Crippen molar-refractivity contribution in [3.8, 4) is 5.75 Å². The molecule has 5 nitrogen and oxygen atoms in total. The number of rotatable bonds is 1. The maximum absolute atomic E-state index is 12.3. The second-order valence-corrected chi connectivity index (χ2v) is 5.83. The minimum atomic E-state index is -0.0709. The Bertz CT molecular complexity index is 585. The summed E-state index contributed by atoms with van der Waals surface area (Å²) >= 11 is 0. The van der Waals surface area contributed by atoms with Gasteiger partial charge in [0, 0.05) is 19.2 Å². The zero-order valence-corrected chi connectivity index (χ0v) is 12.4. The highest BCUT2D eigenvalue weighted by atomic mass is 16.5. The van der Waals surface area contributed by atoms with E-state index < -0.39 is 0 Å². The van der Waals surface area contributed by atoms with Gasteiger partial charge in [-0.3, -0.25) is 9.69 Å². The molecule has 0 aliphatic carbocycles. The zero-order chi connectivity index (χ0) is 14.6. The van der Waals surface area contributed by atoms with Crippen molar-refractivity contribution in [2.75, 3.05) is 33.5 Å². The van der Waals surface area contributed by atoms with E-state index in [-0.39, 0.29) is 18.0 Å². The van der Waals surface area contributed by atoms with E-state index in [4.69, 9.17) is 10.5 Å². The van der Waals surface area contributed by atoms with Crippen LogP contribution in [-0.2, 0) is 11.2 Å². The number of nitrogens with zero attached hydrogens (tertiary/aromatic N) is 2. The van der Waals surface area contributed by atoms with Crippen LogP contribution in [0.2, 0.25) is 0 Å². The predicted molar refractivity (Wildman–Crippen MR) is 77.8 cm³/mol. The van der Waals surface area contributed by atoms with Crippen LogP contribution in [0.15, 0.2) is 6.07 Å². The number of benzene rings is 1. The van der Waals surface area contributed by atoms with Gasteiger partial charge in [-0.2, -0.15) is 0 Å². The van der Waals surface area contributed by atoms with Gasteiger partial charge in [-0.05, 0) is 31.5 Å². The second kappa shape index (κ2) is 4.38. The van der Waals surface area contributed by atoms with Crippen molar-refractivity contribution in [2.45, 2.75) is 25.4 Å². The van der Waals surface area contributed by atoms with Crippen LogP contribution < -0.4 is 10.5 Å². The Hall–Kier alpha value is -1.75. The number of anilines is 1. The average molecular weight is 275 g/mol. The van der Waals surface area contributed by atoms with Gasteiger partial charge >= 0.3 is 0 Å². The summed E-state index contributed by atoms with van der Waals surface area (Å²) in [5, 5.41) is 0. The number of nitrogens with two attached hydrogens (primary N) is 1. The molecule has 0 aromatic heterocycles. The lowest BCUT2D eigenvalue weighted by molar-refractivity contribution is -0.143. The van der Waals surface area contributed by atoms with Crippen LogP contribution in [0.3, 0.4) is 0 Å². The van der Waals surface area contributed by atoms with Crippen molar-refractivity contribution in [3.63, 3.8) is 0 Å². The fraction of sp³-hybridized carbons (Fsp3) is 0.533. The lowest BCUT2D eigenvalue weighted by Gasteiger charge is -2.47. The highest BCUT2D eigenvalue weighted by molar-refractivity contribution is 5.84. The van der Waals surface area contributed by atoms with Gasteiger partial charge in [0.1, 0.15) is 5.75 Å². The zero-order valence-electron chi connectivity index (χ0n) is 12.4. The Morgan fingerprint density at radius 1 is 1.35 bits per heavy atom. The SMILES string of the molecule is COc1c(C)cc2c(c1N)[C@@H]1CN(C)C(=O)[C@H](C2)N1C. The van der Waals surface area contributed by atoms with Crippen LogP contribution in [0.4, 0.5) is 5.69 Å². The highest BCUT2D eigenvalue weighted by Crippen LogP contribution is 2.44. The van der Waals surface area contributed by atoms with Gasteiger partial charge in [0.25, 0.3) is 0 Å². The van der Waals surface area contributed by atoms with Gasteiger partial charge in [0.15, 0.2) is 0 Å². The second-order valence-electron chi connectivity index (χ2n) is 5.83. The van der Waals surface area contributed by atoms with Gasteiger partial charge in [-0.15, -0.1) is 0 Å². The Balaban J connectivity index is 2.19. The lowest BCUT2D eigenvalue weighted by Crippen LogP contribution is -2.58. The maximum Gasteiger partial charge on any atom is 0.240 e. The van der Waals surface area contributed by atoms with E-state index in [2.05, 4.69) is 11.0 Å². The highest BCUT2D eigenvalue weighted by Gasteiger charge is 2.43. The standard InChI is InChI=1S/C15H21N3O2/c1-8-5-9-6-10-15(19)17(2)7-11(18(10)3)12(9)13(16)14(8)20-4/h5,10-11H,6-7,16H2,1-4H3/t10-,11-/m0/s1. The molecule has 1 amide bonds. The van der Waals surface area contributed by atoms with E-state index in [1.807, 2.05) is 25.9 Å². The summed E-state index contributed by atoms with van der Waals surface area (Å²) in [7, 11) is 5.52. The number of ether oxygens (including phenoxy) is 1. The third-order valence-electron chi connectivity index (χ3n) is 4.67. The molecule has 20 heavy (non-hydrogen) atoms. The molecule has 0 unspecified atom stereocenters. The molecule has 0 radical (unpaired) electrons. The minimum absolute atomic E-state index is 0.0709. The molecule has 1 saturated heterocycles. The van der Waals surface area contributed by atoms with Gasteiger partial charge in [0.05, 0.1) is 24.9 Å². The quantitative estimate of drug-likeness (QED) is 0.775. The minimum Gasteiger partial charge on any atom is -0.494 e. The molecule has 1 aromatic rings. The van der Waals surface area contributed by atoms with Crippen molar-refractivity contribution < 1.29 is 9.53 Å². The summed E-state index contributed by atoms with van der Waals surface area (Å²) in [5.74, 6) is 0.955. The van der Waals surface area contributed by atoms with E-state index >= 15 is 0 Å². The van der Waals surface area contributed by atoms with E-state index in [1.165, 1.54) is 5.56 Å². The Kier molecular flexibility index (Phi) is 2.90.